The summed E-state index contributed by atoms with van der Waals surface area (Å²) in [5.74, 6) is -0.798. The van der Waals surface area contributed by atoms with Crippen LogP contribution in [0.25, 0.3) is 6.08 Å². The molecule has 3 aromatic rings. The Morgan fingerprint density at radius 1 is 0.833 bits per heavy atom. The van der Waals surface area contributed by atoms with Crippen LogP contribution in [0.3, 0.4) is 0 Å². The molecular formula is C18H15Cl2N3O4S3. The molecule has 7 nitrogen and oxygen atoms in total. The summed E-state index contributed by atoms with van der Waals surface area (Å²) >= 11 is 12.5. The molecule has 158 valence electrons. The Kier molecular flexibility index (Phi) is 7.14. The molecule has 3 rings (SSSR count). The van der Waals surface area contributed by atoms with Crippen LogP contribution in [0.4, 0.5) is 5.69 Å². The molecule has 0 spiro atoms. The van der Waals surface area contributed by atoms with Crippen molar-refractivity contribution in [1.29, 1.82) is 0 Å². The smallest absolute Gasteiger partial charge is 0.239 e. The van der Waals surface area contributed by atoms with E-state index in [0.29, 0.717) is 21.3 Å². The van der Waals surface area contributed by atoms with Crippen molar-refractivity contribution in [2.24, 2.45) is 0 Å². The van der Waals surface area contributed by atoms with Gasteiger partial charge in [0, 0.05) is 21.1 Å². The van der Waals surface area contributed by atoms with Gasteiger partial charge in [0.25, 0.3) is 0 Å². The van der Waals surface area contributed by atoms with Crippen molar-refractivity contribution in [2.45, 2.75) is 11.5 Å². The van der Waals surface area contributed by atoms with E-state index in [1.165, 1.54) is 18.2 Å². The van der Waals surface area contributed by atoms with Gasteiger partial charge in [-0.1, -0.05) is 46.7 Å². The number of anilines is 1. The Morgan fingerprint density at radius 2 is 1.37 bits per heavy atom. The van der Waals surface area contributed by atoms with Crippen molar-refractivity contribution in [1.82, 2.24) is 10.2 Å². The first-order valence-corrected chi connectivity index (χ1v) is 13.3. The van der Waals surface area contributed by atoms with Crippen LogP contribution in [-0.4, -0.2) is 27.0 Å². The van der Waals surface area contributed by atoms with Crippen molar-refractivity contribution < 1.29 is 16.8 Å². The molecule has 1 N–H and O–H groups in total. The molecule has 0 fully saturated rings. The van der Waals surface area contributed by atoms with E-state index in [1.807, 2.05) is 0 Å². The second kappa shape index (κ2) is 9.44. The lowest BCUT2D eigenvalue weighted by atomic mass is 10.2. The number of halogens is 2. The third kappa shape index (κ3) is 7.06. The van der Waals surface area contributed by atoms with Crippen LogP contribution in [0.5, 0.6) is 0 Å². The molecular weight excluding hydrogens is 489 g/mol. The third-order valence-electron chi connectivity index (χ3n) is 3.60. The number of sulfone groups is 1. The number of aromatic nitrogens is 2. The second-order valence-corrected chi connectivity index (χ2v) is 11.7. The molecule has 0 radical (unpaired) electrons. The number of benzene rings is 2. The monoisotopic (exact) mass is 503 g/mol. The summed E-state index contributed by atoms with van der Waals surface area (Å²) in [6.07, 6.45) is 1.45. The fourth-order valence-electron chi connectivity index (χ4n) is 2.28. The molecule has 0 saturated carbocycles. The maximum Gasteiger partial charge on any atom is 0.239 e. The van der Waals surface area contributed by atoms with Gasteiger partial charge in [-0.2, -0.15) is 0 Å². The van der Waals surface area contributed by atoms with Gasteiger partial charge in [-0.05, 0) is 48.0 Å². The Hall–Kier alpha value is -1.98. The van der Waals surface area contributed by atoms with E-state index in [1.54, 1.807) is 36.4 Å². The molecule has 2 aromatic carbocycles. The Morgan fingerprint density at radius 3 is 1.97 bits per heavy atom. The van der Waals surface area contributed by atoms with E-state index in [4.69, 9.17) is 23.2 Å². The summed E-state index contributed by atoms with van der Waals surface area (Å²) in [5, 5.41) is 10.1. The highest BCUT2D eigenvalue weighted by molar-refractivity contribution is 7.93. The van der Waals surface area contributed by atoms with Crippen molar-refractivity contribution >= 4 is 66.2 Å². The molecule has 0 aliphatic rings. The number of nitrogens with one attached hydrogen (secondary N) is 1. The molecule has 1 aromatic heterocycles. The standard InChI is InChI=1S/C18H15Cl2N3O4S3/c19-14-3-1-13(2-4-14)9-10-29(24,25)11-17-21-22-18(28-17)12-30(26,27)23-16-7-5-15(20)6-8-16/h1-10,23H,11-12H2/b10-9-. The minimum Gasteiger partial charge on any atom is -0.283 e. The minimum absolute atomic E-state index is 0.184. The largest absolute Gasteiger partial charge is 0.283 e. The van der Waals surface area contributed by atoms with Gasteiger partial charge < -0.3 is 0 Å². The quantitative estimate of drug-likeness (QED) is 0.488. The molecule has 0 aliphatic heterocycles. The zero-order chi connectivity index (χ0) is 21.8. The summed E-state index contributed by atoms with van der Waals surface area (Å²) in [6, 6.07) is 12.9. The molecule has 0 atom stereocenters. The molecule has 0 bridgehead atoms. The lowest BCUT2D eigenvalue weighted by molar-refractivity contribution is 0.599. The van der Waals surface area contributed by atoms with Crippen LogP contribution in [0.1, 0.15) is 15.6 Å². The minimum atomic E-state index is -3.74. The van der Waals surface area contributed by atoms with Crippen molar-refractivity contribution in [3.8, 4) is 0 Å². The van der Waals surface area contributed by atoms with E-state index >= 15 is 0 Å². The lowest BCUT2D eigenvalue weighted by Gasteiger charge is -2.06. The summed E-state index contributed by atoms with van der Waals surface area (Å²) in [6.45, 7) is 0. The van der Waals surface area contributed by atoms with Gasteiger partial charge in [0.05, 0.1) is 0 Å². The highest BCUT2D eigenvalue weighted by Crippen LogP contribution is 2.20. The number of nitrogens with zero attached hydrogens (tertiary/aromatic N) is 2. The first-order chi connectivity index (χ1) is 14.1. The molecule has 0 aliphatic carbocycles. The van der Waals surface area contributed by atoms with Gasteiger partial charge in [0.15, 0.2) is 9.84 Å². The molecule has 0 saturated heterocycles. The van der Waals surface area contributed by atoms with Crippen LogP contribution < -0.4 is 4.72 Å². The fourth-order valence-corrected chi connectivity index (χ4v) is 6.21. The first kappa shape index (κ1) is 22.7. The van der Waals surface area contributed by atoms with E-state index < -0.39 is 25.6 Å². The van der Waals surface area contributed by atoms with Crippen LogP contribution in [-0.2, 0) is 31.4 Å². The van der Waals surface area contributed by atoms with Gasteiger partial charge in [0.2, 0.25) is 10.0 Å². The lowest BCUT2D eigenvalue weighted by Crippen LogP contribution is -2.14. The summed E-state index contributed by atoms with van der Waals surface area (Å²) in [5.41, 5.74) is 1.04. The number of rotatable bonds is 8. The average molecular weight is 504 g/mol. The van der Waals surface area contributed by atoms with Gasteiger partial charge in [-0.15, -0.1) is 10.2 Å². The summed E-state index contributed by atoms with van der Waals surface area (Å²) in [4.78, 5) is 0. The van der Waals surface area contributed by atoms with Crippen molar-refractivity contribution in [2.75, 3.05) is 4.72 Å². The topological polar surface area (TPSA) is 106 Å². The van der Waals surface area contributed by atoms with Gasteiger partial charge >= 0.3 is 0 Å². The number of hydrogen-bond donors (Lipinski definition) is 1. The molecule has 0 amide bonds. The van der Waals surface area contributed by atoms with E-state index in [2.05, 4.69) is 14.9 Å². The third-order valence-corrected chi connectivity index (χ3v) is 7.82. The van der Waals surface area contributed by atoms with E-state index in [0.717, 1.165) is 16.7 Å². The maximum absolute atomic E-state index is 12.3. The molecule has 1 heterocycles. The van der Waals surface area contributed by atoms with Crippen LogP contribution in [0.15, 0.2) is 53.9 Å². The Bertz CT molecular complexity index is 1250. The van der Waals surface area contributed by atoms with E-state index in [-0.39, 0.29) is 15.8 Å². The Balaban J connectivity index is 1.63. The molecule has 12 heteroatoms. The zero-order valence-corrected chi connectivity index (χ0v) is 19.2. The highest BCUT2D eigenvalue weighted by Gasteiger charge is 2.18. The normalized spacial score (nSPS) is 12.3. The SMILES string of the molecule is O=S(=O)(/C=C\c1ccc(Cl)cc1)Cc1nnc(CS(=O)(=O)Nc2ccc(Cl)cc2)s1. The van der Waals surface area contributed by atoms with Gasteiger partial charge in [-0.3, -0.25) is 4.72 Å². The summed E-state index contributed by atoms with van der Waals surface area (Å²) < 4.78 is 51.6. The molecule has 30 heavy (non-hydrogen) atoms. The van der Waals surface area contributed by atoms with Crippen LogP contribution in [0.2, 0.25) is 10.0 Å². The molecule has 0 unspecified atom stereocenters. The van der Waals surface area contributed by atoms with Crippen LogP contribution >= 0.6 is 34.5 Å². The van der Waals surface area contributed by atoms with Gasteiger partial charge in [-0.25, -0.2) is 16.8 Å². The van der Waals surface area contributed by atoms with Crippen molar-refractivity contribution in [3.05, 3.63) is 79.6 Å². The van der Waals surface area contributed by atoms with Crippen molar-refractivity contribution in [3.63, 3.8) is 0 Å². The first-order valence-electron chi connectivity index (χ1n) is 8.34. The van der Waals surface area contributed by atoms with Gasteiger partial charge in [0.1, 0.15) is 21.5 Å². The predicted molar refractivity (Wildman–Crippen MR) is 121 cm³/mol. The summed E-state index contributed by atoms with van der Waals surface area (Å²) in [7, 11) is -7.35. The highest BCUT2D eigenvalue weighted by atomic mass is 35.5. The van der Waals surface area contributed by atoms with E-state index in [9.17, 15) is 16.8 Å². The maximum atomic E-state index is 12.3. The zero-order valence-electron chi connectivity index (χ0n) is 15.2. The fraction of sp³-hybridized carbons (Fsp3) is 0.111. The predicted octanol–water partition coefficient (Wildman–Crippen LogP) is 4.37. The number of hydrogen-bond acceptors (Lipinski definition) is 7. The Labute approximate surface area is 188 Å². The van der Waals surface area contributed by atoms with Crippen LogP contribution in [0, 0.1) is 0 Å². The number of sulfonamides is 1. The second-order valence-electron chi connectivity index (χ2n) is 6.12. The average Bonchev–Trinajstić information content (AvgIpc) is 3.08.